The van der Waals surface area contributed by atoms with Crippen molar-refractivity contribution in [3.05, 3.63) is 194 Å². The minimum Gasteiger partial charge on any atom is -0.309 e. The number of fused-ring (bicyclic) bond motifs is 7. The molecule has 0 aliphatic carbocycles. The predicted octanol–water partition coefficient (Wildman–Crippen LogP) is 12.8. The van der Waals surface area contributed by atoms with E-state index in [0.717, 1.165) is 50.3 Å². The largest absolute Gasteiger partial charge is 0.309 e. The molecule has 3 aromatic heterocycles. The second kappa shape index (κ2) is 12.1. The van der Waals surface area contributed by atoms with Crippen LogP contribution in [0.4, 0.5) is 0 Å². The number of para-hydroxylation sites is 3. The van der Waals surface area contributed by atoms with Crippen LogP contribution in [0.25, 0.3) is 99.7 Å². The molecule has 0 radical (unpaired) electrons. The van der Waals surface area contributed by atoms with E-state index in [1.54, 1.807) is 0 Å². The van der Waals surface area contributed by atoms with Gasteiger partial charge in [-0.05, 0) is 77.9 Å². The number of benzene rings is 8. The zero-order chi connectivity index (χ0) is 35.6. The molecule has 0 aliphatic heterocycles. The molecule has 4 heteroatoms. The maximum absolute atomic E-state index is 5.30. The van der Waals surface area contributed by atoms with Crippen molar-refractivity contribution in [1.29, 1.82) is 0 Å². The van der Waals surface area contributed by atoms with Crippen LogP contribution in [0.3, 0.4) is 0 Å². The molecule has 0 spiro atoms. The van der Waals surface area contributed by atoms with Gasteiger partial charge in [0, 0.05) is 44.0 Å². The Balaban J connectivity index is 1.07. The number of hydrogen-bond donors (Lipinski definition) is 0. The first-order valence-corrected chi connectivity index (χ1v) is 18.3. The molecule has 8 aromatic carbocycles. The molecule has 252 valence electrons. The van der Waals surface area contributed by atoms with Gasteiger partial charge >= 0.3 is 0 Å². The van der Waals surface area contributed by atoms with E-state index < -0.39 is 0 Å². The third kappa shape index (κ3) is 4.78. The molecule has 0 unspecified atom stereocenters. The smallest absolute Gasteiger partial charge is 0.0973 e. The summed E-state index contributed by atoms with van der Waals surface area (Å²) in [4.78, 5) is 10.5. The number of rotatable bonds is 5. The highest BCUT2D eigenvalue weighted by molar-refractivity contribution is 6.12. The second-order valence-corrected chi connectivity index (χ2v) is 13.8. The first kappa shape index (κ1) is 30.3. The van der Waals surface area contributed by atoms with Gasteiger partial charge in [0.15, 0.2) is 0 Å². The molecule has 0 saturated carbocycles. The SMILES string of the molecule is c1ccc(-c2nc3ccc(-n4c5ccccc5c5cc(-c6ccc7c(c6)c6ccccc6n7-c6ccccc6)ccc54)cc3nc2-c2ccccc2)cc1. The molecule has 11 aromatic rings. The summed E-state index contributed by atoms with van der Waals surface area (Å²) in [6.07, 6.45) is 0. The molecule has 11 rings (SSSR count). The van der Waals surface area contributed by atoms with Gasteiger partial charge in [0.05, 0.1) is 44.5 Å². The van der Waals surface area contributed by atoms with Crippen molar-refractivity contribution in [3.63, 3.8) is 0 Å². The second-order valence-electron chi connectivity index (χ2n) is 13.8. The highest BCUT2D eigenvalue weighted by Gasteiger charge is 2.18. The fourth-order valence-corrected chi connectivity index (χ4v) is 8.21. The van der Waals surface area contributed by atoms with E-state index in [-0.39, 0.29) is 0 Å². The molecular weight excluding hydrogens is 657 g/mol. The minimum absolute atomic E-state index is 0.858. The van der Waals surface area contributed by atoms with E-state index in [1.807, 2.05) is 12.1 Å². The van der Waals surface area contributed by atoms with Crippen LogP contribution in [0.15, 0.2) is 194 Å². The lowest BCUT2D eigenvalue weighted by molar-refractivity contribution is 1.18. The molecule has 0 atom stereocenters. The first-order valence-electron chi connectivity index (χ1n) is 18.3. The summed E-state index contributed by atoms with van der Waals surface area (Å²) in [7, 11) is 0. The molecule has 54 heavy (non-hydrogen) atoms. The predicted molar refractivity (Wildman–Crippen MR) is 225 cm³/mol. The summed E-state index contributed by atoms with van der Waals surface area (Å²) >= 11 is 0. The van der Waals surface area contributed by atoms with Crippen molar-refractivity contribution in [1.82, 2.24) is 19.1 Å². The van der Waals surface area contributed by atoms with Crippen LogP contribution >= 0.6 is 0 Å². The van der Waals surface area contributed by atoms with E-state index >= 15 is 0 Å². The lowest BCUT2D eigenvalue weighted by Crippen LogP contribution is -1.98. The van der Waals surface area contributed by atoms with Crippen molar-refractivity contribution in [2.45, 2.75) is 0 Å². The van der Waals surface area contributed by atoms with Crippen molar-refractivity contribution in [2.24, 2.45) is 0 Å². The Labute approximate surface area is 311 Å². The summed E-state index contributed by atoms with van der Waals surface area (Å²) < 4.78 is 4.73. The zero-order valence-corrected chi connectivity index (χ0v) is 29.3. The Hall–Kier alpha value is -7.30. The van der Waals surface area contributed by atoms with Crippen LogP contribution in [0, 0.1) is 0 Å². The van der Waals surface area contributed by atoms with Crippen LogP contribution in [0.5, 0.6) is 0 Å². The molecule has 0 N–H and O–H groups in total. The van der Waals surface area contributed by atoms with Crippen LogP contribution in [0.2, 0.25) is 0 Å². The summed E-state index contributed by atoms with van der Waals surface area (Å²) in [6.45, 7) is 0. The van der Waals surface area contributed by atoms with Gasteiger partial charge in [0.2, 0.25) is 0 Å². The van der Waals surface area contributed by atoms with E-state index in [1.165, 1.54) is 49.4 Å². The lowest BCUT2D eigenvalue weighted by Gasteiger charge is -2.13. The summed E-state index contributed by atoms with van der Waals surface area (Å²) in [6, 6.07) is 69.0. The third-order valence-corrected chi connectivity index (χ3v) is 10.7. The lowest BCUT2D eigenvalue weighted by atomic mass is 10.0. The molecule has 0 aliphatic rings. The fraction of sp³-hybridized carbons (Fsp3) is 0. The van der Waals surface area contributed by atoms with Gasteiger partial charge in [0.25, 0.3) is 0 Å². The average Bonchev–Trinajstić information content (AvgIpc) is 3.76. The number of nitrogens with zero attached hydrogens (tertiary/aromatic N) is 4. The van der Waals surface area contributed by atoms with Crippen LogP contribution < -0.4 is 0 Å². The Morgan fingerprint density at radius 1 is 0.278 bits per heavy atom. The zero-order valence-electron chi connectivity index (χ0n) is 29.3. The van der Waals surface area contributed by atoms with E-state index in [4.69, 9.17) is 9.97 Å². The van der Waals surface area contributed by atoms with Crippen LogP contribution in [-0.2, 0) is 0 Å². The molecule has 4 nitrogen and oxygen atoms in total. The quantitative estimate of drug-likeness (QED) is 0.180. The minimum atomic E-state index is 0.858. The van der Waals surface area contributed by atoms with Gasteiger partial charge in [-0.3, -0.25) is 0 Å². The van der Waals surface area contributed by atoms with Gasteiger partial charge in [-0.1, -0.05) is 127 Å². The van der Waals surface area contributed by atoms with Crippen molar-refractivity contribution in [3.8, 4) is 45.0 Å². The Kier molecular flexibility index (Phi) is 6.82. The first-order chi connectivity index (χ1) is 26.8. The van der Waals surface area contributed by atoms with Crippen LogP contribution in [-0.4, -0.2) is 19.1 Å². The maximum Gasteiger partial charge on any atom is 0.0973 e. The average molecular weight is 689 g/mol. The molecule has 0 saturated heterocycles. The number of aromatic nitrogens is 4. The molecule has 0 bridgehead atoms. The van der Waals surface area contributed by atoms with Gasteiger partial charge in [-0.15, -0.1) is 0 Å². The number of hydrogen-bond acceptors (Lipinski definition) is 2. The van der Waals surface area contributed by atoms with Crippen molar-refractivity contribution >= 4 is 54.6 Å². The summed E-state index contributed by atoms with van der Waals surface area (Å²) in [5, 5.41) is 4.93. The summed E-state index contributed by atoms with van der Waals surface area (Å²) in [5.74, 6) is 0. The highest BCUT2D eigenvalue weighted by atomic mass is 15.0. The highest BCUT2D eigenvalue weighted by Crippen LogP contribution is 2.39. The fourth-order valence-electron chi connectivity index (χ4n) is 8.21. The molecule has 0 amide bonds. The van der Waals surface area contributed by atoms with Gasteiger partial charge in [-0.25, -0.2) is 9.97 Å². The maximum atomic E-state index is 5.30. The monoisotopic (exact) mass is 688 g/mol. The van der Waals surface area contributed by atoms with Gasteiger partial charge in [-0.2, -0.15) is 0 Å². The molecule has 0 fully saturated rings. The van der Waals surface area contributed by atoms with E-state index in [2.05, 4.69) is 191 Å². The molecular formula is C50H32N4. The van der Waals surface area contributed by atoms with Crippen molar-refractivity contribution in [2.75, 3.05) is 0 Å². The van der Waals surface area contributed by atoms with E-state index in [9.17, 15) is 0 Å². The summed E-state index contributed by atoms with van der Waals surface area (Å²) in [5.41, 5.74) is 14.9. The molecule has 3 heterocycles. The van der Waals surface area contributed by atoms with E-state index in [0.29, 0.717) is 0 Å². The standard InChI is InChI=1S/C50H32N4/c1-4-14-33(15-5-1)49-50(34-16-6-2-7-17-34)52-44-32-38(26-27-43(44)51-49)54-46-23-13-11-21-40(46)42-31-36(25-29-48(42)54)35-24-28-47-41(30-35)39-20-10-12-22-45(39)53(47)37-18-8-3-9-19-37/h1-32H. The Morgan fingerprint density at radius 3 is 1.28 bits per heavy atom. The topological polar surface area (TPSA) is 35.6 Å². The Morgan fingerprint density at radius 2 is 0.722 bits per heavy atom. The van der Waals surface area contributed by atoms with Gasteiger partial charge < -0.3 is 9.13 Å². The van der Waals surface area contributed by atoms with Crippen LogP contribution in [0.1, 0.15) is 0 Å². The normalized spacial score (nSPS) is 11.7. The third-order valence-electron chi connectivity index (χ3n) is 10.7. The Bertz CT molecular complexity index is 3200. The van der Waals surface area contributed by atoms with Crippen molar-refractivity contribution < 1.29 is 0 Å². The van der Waals surface area contributed by atoms with Gasteiger partial charge in [0.1, 0.15) is 0 Å².